The second kappa shape index (κ2) is 4.63. The van der Waals surface area contributed by atoms with E-state index in [1.165, 1.54) is 18.2 Å². The van der Waals surface area contributed by atoms with Crippen molar-refractivity contribution in [2.24, 2.45) is 11.1 Å². The molecule has 1 saturated carbocycles. The topological polar surface area (TPSA) is 55.1 Å². The smallest absolute Gasteiger partial charge is 0.231 e. The van der Waals surface area contributed by atoms with Gasteiger partial charge in [0.15, 0.2) is 0 Å². The Kier molecular flexibility index (Phi) is 3.35. The number of anilines is 1. The van der Waals surface area contributed by atoms with Gasteiger partial charge >= 0.3 is 0 Å². The fourth-order valence-electron chi connectivity index (χ4n) is 1.97. The van der Waals surface area contributed by atoms with E-state index in [0.29, 0.717) is 11.6 Å². The molecular formula is C12H14ClFN2O. The van der Waals surface area contributed by atoms with Crippen LogP contribution in [0.2, 0.25) is 5.02 Å². The van der Waals surface area contributed by atoms with E-state index < -0.39 is 11.2 Å². The highest BCUT2D eigenvalue weighted by atomic mass is 35.5. The predicted octanol–water partition coefficient (Wildman–Crippen LogP) is 2.55. The van der Waals surface area contributed by atoms with Gasteiger partial charge in [0.2, 0.25) is 5.91 Å². The van der Waals surface area contributed by atoms with Crippen molar-refractivity contribution in [2.45, 2.75) is 19.3 Å². The van der Waals surface area contributed by atoms with Crippen LogP contribution in [-0.2, 0) is 4.79 Å². The number of amides is 1. The SMILES string of the molecule is NCC1(C(=O)Nc2ccc(Cl)cc2F)CCC1. The molecule has 0 unspecified atom stereocenters. The summed E-state index contributed by atoms with van der Waals surface area (Å²) in [4.78, 5) is 12.0. The van der Waals surface area contributed by atoms with Crippen LogP contribution < -0.4 is 11.1 Å². The summed E-state index contributed by atoms with van der Waals surface area (Å²) in [6.45, 7) is 0.300. The van der Waals surface area contributed by atoms with Crippen molar-refractivity contribution in [3.63, 3.8) is 0 Å². The Labute approximate surface area is 104 Å². The molecule has 0 radical (unpaired) electrons. The van der Waals surface area contributed by atoms with Gasteiger partial charge < -0.3 is 11.1 Å². The average Bonchev–Trinajstić information content (AvgIpc) is 2.21. The quantitative estimate of drug-likeness (QED) is 0.873. The summed E-state index contributed by atoms with van der Waals surface area (Å²) in [7, 11) is 0. The Morgan fingerprint density at radius 3 is 2.71 bits per heavy atom. The molecule has 3 N–H and O–H groups in total. The summed E-state index contributed by atoms with van der Waals surface area (Å²) in [5, 5.41) is 2.88. The van der Waals surface area contributed by atoms with E-state index in [2.05, 4.69) is 5.32 Å². The van der Waals surface area contributed by atoms with Gasteiger partial charge in [-0.25, -0.2) is 4.39 Å². The van der Waals surface area contributed by atoms with Gasteiger partial charge in [0.25, 0.3) is 0 Å². The molecule has 1 aliphatic carbocycles. The van der Waals surface area contributed by atoms with Crippen LogP contribution in [0.3, 0.4) is 0 Å². The molecule has 0 heterocycles. The molecule has 1 aromatic rings. The van der Waals surface area contributed by atoms with Gasteiger partial charge in [-0.05, 0) is 31.0 Å². The third kappa shape index (κ3) is 2.28. The van der Waals surface area contributed by atoms with Crippen LogP contribution in [0.15, 0.2) is 18.2 Å². The van der Waals surface area contributed by atoms with E-state index in [-0.39, 0.29) is 11.6 Å². The van der Waals surface area contributed by atoms with Gasteiger partial charge in [-0.15, -0.1) is 0 Å². The largest absolute Gasteiger partial charge is 0.329 e. The molecule has 0 aromatic heterocycles. The number of hydrogen-bond donors (Lipinski definition) is 2. The fraction of sp³-hybridized carbons (Fsp3) is 0.417. The molecule has 2 rings (SSSR count). The van der Waals surface area contributed by atoms with Crippen LogP contribution in [0, 0.1) is 11.2 Å². The van der Waals surface area contributed by atoms with Crippen molar-refractivity contribution in [3.8, 4) is 0 Å². The first-order chi connectivity index (χ1) is 8.07. The molecule has 1 amide bonds. The maximum Gasteiger partial charge on any atom is 0.231 e. The zero-order chi connectivity index (χ0) is 12.5. The summed E-state index contributed by atoms with van der Waals surface area (Å²) in [5.74, 6) is -0.732. The molecule has 0 spiro atoms. The van der Waals surface area contributed by atoms with E-state index >= 15 is 0 Å². The first-order valence-corrected chi connectivity index (χ1v) is 5.92. The van der Waals surface area contributed by atoms with Gasteiger partial charge in [0, 0.05) is 11.6 Å². The minimum absolute atomic E-state index is 0.152. The minimum atomic E-state index is -0.530. The lowest BCUT2D eigenvalue weighted by molar-refractivity contribution is -0.129. The zero-order valence-electron chi connectivity index (χ0n) is 9.30. The van der Waals surface area contributed by atoms with Crippen molar-refractivity contribution >= 4 is 23.2 Å². The van der Waals surface area contributed by atoms with Gasteiger partial charge in [0.1, 0.15) is 5.82 Å². The Hall–Kier alpha value is -1.13. The van der Waals surface area contributed by atoms with E-state index in [1.54, 1.807) is 0 Å². The summed E-state index contributed by atoms with van der Waals surface area (Å²) in [6.07, 6.45) is 2.53. The molecule has 3 nitrogen and oxygen atoms in total. The van der Waals surface area contributed by atoms with Crippen molar-refractivity contribution in [2.75, 3.05) is 11.9 Å². The highest BCUT2D eigenvalue weighted by Crippen LogP contribution is 2.41. The van der Waals surface area contributed by atoms with Crippen molar-refractivity contribution in [1.29, 1.82) is 0 Å². The molecular weight excluding hydrogens is 243 g/mol. The van der Waals surface area contributed by atoms with Crippen LogP contribution in [-0.4, -0.2) is 12.5 Å². The monoisotopic (exact) mass is 256 g/mol. The molecule has 1 aromatic carbocycles. The second-order valence-corrected chi connectivity index (χ2v) is 4.85. The molecule has 92 valence electrons. The van der Waals surface area contributed by atoms with Crippen LogP contribution in [0.25, 0.3) is 0 Å². The average molecular weight is 257 g/mol. The number of nitrogens with two attached hydrogens (primary N) is 1. The standard InChI is InChI=1S/C12H14ClFN2O/c13-8-2-3-10(9(14)6-8)16-11(17)12(7-15)4-1-5-12/h2-3,6H,1,4-5,7,15H2,(H,16,17). The zero-order valence-corrected chi connectivity index (χ0v) is 10.1. The van der Waals surface area contributed by atoms with E-state index in [1.807, 2.05) is 0 Å². The molecule has 0 atom stereocenters. The first kappa shape index (κ1) is 12.3. The van der Waals surface area contributed by atoms with E-state index in [4.69, 9.17) is 17.3 Å². The maximum absolute atomic E-state index is 13.5. The Balaban J connectivity index is 2.13. The number of carbonyl (C=O) groups excluding carboxylic acids is 1. The Morgan fingerprint density at radius 2 is 2.24 bits per heavy atom. The lowest BCUT2D eigenvalue weighted by Gasteiger charge is -2.39. The van der Waals surface area contributed by atoms with Gasteiger partial charge in [-0.2, -0.15) is 0 Å². The molecule has 17 heavy (non-hydrogen) atoms. The highest BCUT2D eigenvalue weighted by molar-refractivity contribution is 6.30. The first-order valence-electron chi connectivity index (χ1n) is 5.54. The fourth-order valence-corrected chi connectivity index (χ4v) is 2.13. The highest BCUT2D eigenvalue weighted by Gasteiger charge is 2.42. The Bertz CT molecular complexity index is 441. The van der Waals surface area contributed by atoms with Gasteiger partial charge in [0.05, 0.1) is 11.1 Å². The third-order valence-corrected chi connectivity index (χ3v) is 3.60. The van der Waals surface area contributed by atoms with E-state index in [0.717, 1.165) is 19.3 Å². The van der Waals surface area contributed by atoms with Crippen LogP contribution in [0.1, 0.15) is 19.3 Å². The van der Waals surface area contributed by atoms with Gasteiger partial charge in [-0.1, -0.05) is 18.0 Å². The van der Waals surface area contributed by atoms with Crippen LogP contribution in [0.5, 0.6) is 0 Å². The molecule has 0 bridgehead atoms. The van der Waals surface area contributed by atoms with E-state index in [9.17, 15) is 9.18 Å². The number of hydrogen-bond acceptors (Lipinski definition) is 2. The minimum Gasteiger partial charge on any atom is -0.329 e. The van der Waals surface area contributed by atoms with Crippen LogP contribution in [0.4, 0.5) is 10.1 Å². The molecule has 0 aliphatic heterocycles. The number of rotatable bonds is 3. The van der Waals surface area contributed by atoms with Crippen molar-refractivity contribution < 1.29 is 9.18 Å². The van der Waals surface area contributed by atoms with Crippen LogP contribution >= 0.6 is 11.6 Å². The maximum atomic E-state index is 13.5. The van der Waals surface area contributed by atoms with Gasteiger partial charge in [-0.3, -0.25) is 4.79 Å². The number of carbonyl (C=O) groups is 1. The molecule has 1 fully saturated rings. The predicted molar refractivity (Wildman–Crippen MR) is 65.4 cm³/mol. The second-order valence-electron chi connectivity index (χ2n) is 4.42. The molecule has 1 aliphatic rings. The summed E-state index contributed by atoms with van der Waals surface area (Å²) >= 11 is 5.64. The molecule has 5 heteroatoms. The lowest BCUT2D eigenvalue weighted by atomic mass is 9.68. The Morgan fingerprint density at radius 1 is 1.53 bits per heavy atom. The number of halogens is 2. The summed E-state index contributed by atoms with van der Waals surface area (Å²) in [6, 6.07) is 4.17. The van der Waals surface area contributed by atoms with Crippen molar-refractivity contribution in [3.05, 3.63) is 29.0 Å². The summed E-state index contributed by atoms with van der Waals surface area (Å²) in [5.41, 5.74) is 5.25. The number of nitrogens with one attached hydrogen (secondary N) is 1. The molecule has 0 saturated heterocycles. The van der Waals surface area contributed by atoms with Crippen molar-refractivity contribution in [1.82, 2.24) is 0 Å². The lowest BCUT2D eigenvalue weighted by Crippen LogP contribution is -2.47. The third-order valence-electron chi connectivity index (χ3n) is 3.36. The normalized spacial score (nSPS) is 17.4. The summed E-state index contributed by atoms with van der Waals surface area (Å²) < 4.78 is 13.5. The number of benzene rings is 1.